The van der Waals surface area contributed by atoms with Gasteiger partial charge in [-0.15, -0.1) is 0 Å². The van der Waals surface area contributed by atoms with Crippen LogP contribution in [-0.2, 0) is 4.79 Å². The van der Waals surface area contributed by atoms with Crippen molar-refractivity contribution in [2.75, 3.05) is 6.54 Å². The molecule has 0 fully saturated rings. The summed E-state index contributed by atoms with van der Waals surface area (Å²) in [6.45, 7) is 6.09. The number of nitrogens with one attached hydrogen (secondary N) is 3. The zero-order valence-electron chi connectivity index (χ0n) is 12.3. The van der Waals surface area contributed by atoms with Gasteiger partial charge < -0.3 is 5.32 Å². The molecule has 0 aliphatic carbocycles. The lowest BCUT2D eigenvalue weighted by atomic mass is 10.0. The van der Waals surface area contributed by atoms with Crippen molar-refractivity contribution in [3.63, 3.8) is 0 Å². The molecule has 3 amide bonds. The molecule has 0 heterocycles. The van der Waals surface area contributed by atoms with Gasteiger partial charge in [-0.2, -0.15) is 0 Å². The van der Waals surface area contributed by atoms with Crippen molar-refractivity contribution in [3.05, 3.63) is 35.9 Å². The van der Waals surface area contributed by atoms with Gasteiger partial charge in [0, 0.05) is 12.6 Å². The van der Waals surface area contributed by atoms with Crippen LogP contribution < -0.4 is 16.0 Å². The fourth-order valence-electron chi connectivity index (χ4n) is 1.94. The predicted octanol–water partition coefficient (Wildman–Crippen LogP) is 1.96. The van der Waals surface area contributed by atoms with E-state index in [9.17, 15) is 9.59 Å². The maximum Gasteiger partial charge on any atom is 0.321 e. The molecule has 2 atom stereocenters. The van der Waals surface area contributed by atoms with Crippen molar-refractivity contribution in [3.8, 4) is 0 Å². The van der Waals surface area contributed by atoms with Crippen molar-refractivity contribution in [2.45, 2.75) is 39.3 Å². The maximum absolute atomic E-state index is 11.9. The molecule has 0 bridgehead atoms. The molecule has 110 valence electrons. The number of imide groups is 1. The van der Waals surface area contributed by atoms with E-state index in [1.165, 1.54) is 0 Å². The molecular weight excluding hydrogens is 254 g/mol. The second-order valence-electron chi connectivity index (χ2n) is 4.61. The van der Waals surface area contributed by atoms with Crippen molar-refractivity contribution in [1.82, 2.24) is 16.0 Å². The van der Waals surface area contributed by atoms with E-state index in [-0.39, 0.29) is 11.9 Å². The summed E-state index contributed by atoms with van der Waals surface area (Å²) in [5.74, 6) is -0.328. The van der Waals surface area contributed by atoms with E-state index in [0.29, 0.717) is 6.54 Å². The number of benzene rings is 1. The Labute approximate surface area is 120 Å². The van der Waals surface area contributed by atoms with Crippen LogP contribution in [0.15, 0.2) is 30.3 Å². The molecule has 0 saturated heterocycles. The first-order valence-electron chi connectivity index (χ1n) is 6.98. The Morgan fingerprint density at radius 1 is 1.15 bits per heavy atom. The largest absolute Gasteiger partial charge is 0.338 e. The normalized spacial score (nSPS) is 13.3. The van der Waals surface area contributed by atoms with Gasteiger partial charge in [-0.3, -0.25) is 15.4 Å². The fraction of sp³-hybridized carbons (Fsp3) is 0.467. The highest BCUT2D eigenvalue weighted by Gasteiger charge is 2.19. The summed E-state index contributed by atoms with van der Waals surface area (Å²) in [5, 5.41) is 8.08. The summed E-state index contributed by atoms with van der Waals surface area (Å²) >= 11 is 0. The van der Waals surface area contributed by atoms with Gasteiger partial charge >= 0.3 is 6.03 Å². The molecule has 0 radical (unpaired) electrons. The number of carbonyl (C=O) groups excluding carboxylic acids is 2. The van der Waals surface area contributed by atoms with E-state index >= 15 is 0 Å². The highest BCUT2D eigenvalue weighted by atomic mass is 16.2. The Kier molecular flexibility index (Phi) is 6.73. The Balaban J connectivity index is 2.57. The number of hydrogen-bond donors (Lipinski definition) is 3. The Bertz CT molecular complexity index is 434. The third kappa shape index (κ3) is 5.01. The van der Waals surface area contributed by atoms with E-state index in [4.69, 9.17) is 0 Å². The van der Waals surface area contributed by atoms with E-state index < -0.39 is 12.1 Å². The summed E-state index contributed by atoms with van der Waals surface area (Å²) in [4.78, 5) is 23.2. The first-order valence-corrected chi connectivity index (χ1v) is 6.98. The molecule has 0 spiro atoms. The maximum atomic E-state index is 11.9. The van der Waals surface area contributed by atoms with Crippen molar-refractivity contribution in [2.24, 2.45) is 0 Å². The Hall–Kier alpha value is -1.88. The van der Waals surface area contributed by atoms with Gasteiger partial charge in [0.05, 0.1) is 6.04 Å². The molecule has 20 heavy (non-hydrogen) atoms. The SMILES string of the molecule is CCNC(=O)NC(=O)C(C)NC(CC)c1ccccc1. The second-order valence-corrected chi connectivity index (χ2v) is 4.61. The highest BCUT2D eigenvalue weighted by molar-refractivity contribution is 5.96. The van der Waals surface area contributed by atoms with E-state index in [0.717, 1.165) is 12.0 Å². The van der Waals surface area contributed by atoms with Crippen LogP contribution in [0.25, 0.3) is 0 Å². The van der Waals surface area contributed by atoms with Gasteiger partial charge in [0.1, 0.15) is 0 Å². The molecule has 3 N–H and O–H groups in total. The van der Waals surface area contributed by atoms with E-state index in [2.05, 4.69) is 22.9 Å². The monoisotopic (exact) mass is 277 g/mol. The lowest BCUT2D eigenvalue weighted by Crippen LogP contribution is -2.48. The zero-order chi connectivity index (χ0) is 15.0. The summed E-state index contributed by atoms with van der Waals surface area (Å²) in [7, 11) is 0. The summed E-state index contributed by atoms with van der Waals surface area (Å²) < 4.78 is 0. The molecular formula is C15H23N3O2. The quantitative estimate of drug-likeness (QED) is 0.744. The smallest absolute Gasteiger partial charge is 0.321 e. The third-order valence-electron chi connectivity index (χ3n) is 3.03. The lowest BCUT2D eigenvalue weighted by Gasteiger charge is -2.22. The van der Waals surface area contributed by atoms with Crippen LogP contribution in [0.1, 0.15) is 38.8 Å². The average Bonchev–Trinajstić information content (AvgIpc) is 2.45. The highest BCUT2D eigenvalue weighted by Crippen LogP contribution is 2.16. The van der Waals surface area contributed by atoms with Crippen LogP contribution in [-0.4, -0.2) is 24.5 Å². The molecule has 0 saturated carbocycles. The minimum Gasteiger partial charge on any atom is -0.338 e. The van der Waals surface area contributed by atoms with Gasteiger partial charge in [0.2, 0.25) is 5.91 Å². The van der Waals surface area contributed by atoms with Crippen molar-refractivity contribution in [1.29, 1.82) is 0 Å². The number of hydrogen-bond acceptors (Lipinski definition) is 3. The van der Waals surface area contributed by atoms with Crippen LogP contribution in [0, 0.1) is 0 Å². The van der Waals surface area contributed by atoms with Crippen LogP contribution in [0.4, 0.5) is 4.79 Å². The standard InChI is InChI=1S/C15H23N3O2/c1-4-13(12-9-7-6-8-10-12)17-11(3)14(19)18-15(20)16-5-2/h6-11,13,17H,4-5H2,1-3H3,(H2,16,18,19,20). The molecule has 1 aromatic rings. The molecule has 5 heteroatoms. The van der Waals surface area contributed by atoms with Gasteiger partial charge in [-0.25, -0.2) is 4.79 Å². The fourth-order valence-corrected chi connectivity index (χ4v) is 1.94. The van der Waals surface area contributed by atoms with Crippen LogP contribution in [0.2, 0.25) is 0 Å². The molecule has 5 nitrogen and oxygen atoms in total. The van der Waals surface area contributed by atoms with Crippen LogP contribution in [0.5, 0.6) is 0 Å². The number of carbonyl (C=O) groups is 2. The van der Waals surface area contributed by atoms with Crippen LogP contribution in [0.3, 0.4) is 0 Å². The van der Waals surface area contributed by atoms with Gasteiger partial charge in [0.15, 0.2) is 0 Å². The minimum atomic E-state index is -0.459. The zero-order valence-corrected chi connectivity index (χ0v) is 12.3. The van der Waals surface area contributed by atoms with Crippen molar-refractivity contribution < 1.29 is 9.59 Å². The molecule has 2 unspecified atom stereocenters. The molecule has 0 aromatic heterocycles. The number of amides is 3. The Morgan fingerprint density at radius 3 is 2.35 bits per heavy atom. The van der Waals surface area contributed by atoms with E-state index in [1.54, 1.807) is 13.8 Å². The Morgan fingerprint density at radius 2 is 1.80 bits per heavy atom. The average molecular weight is 277 g/mol. The second kappa shape index (κ2) is 8.32. The predicted molar refractivity (Wildman–Crippen MR) is 79.3 cm³/mol. The topological polar surface area (TPSA) is 70.2 Å². The summed E-state index contributed by atoms with van der Waals surface area (Å²) in [6.07, 6.45) is 0.864. The van der Waals surface area contributed by atoms with Gasteiger partial charge in [0.25, 0.3) is 0 Å². The van der Waals surface area contributed by atoms with Crippen molar-refractivity contribution >= 4 is 11.9 Å². The molecule has 1 aromatic carbocycles. The molecule has 1 rings (SSSR count). The summed E-state index contributed by atoms with van der Waals surface area (Å²) in [5.41, 5.74) is 1.13. The first kappa shape index (κ1) is 16.2. The van der Waals surface area contributed by atoms with Gasteiger partial charge in [-0.1, -0.05) is 37.3 Å². The molecule has 0 aliphatic rings. The minimum absolute atomic E-state index is 0.0891. The van der Waals surface area contributed by atoms with Crippen LogP contribution >= 0.6 is 0 Å². The van der Waals surface area contributed by atoms with E-state index in [1.807, 2.05) is 30.3 Å². The first-order chi connectivity index (χ1) is 9.58. The number of urea groups is 1. The lowest BCUT2D eigenvalue weighted by molar-refractivity contribution is -0.121. The number of rotatable bonds is 6. The third-order valence-corrected chi connectivity index (χ3v) is 3.03. The van der Waals surface area contributed by atoms with Gasteiger partial charge in [-0.05, 0) is 25.8 Å². The molecule has 0 aliphatic heterocycles. The summed E-state index contributed by atoms with van der Waals surface area (Å²) in [6, 6.07) is 9.14.